The van der Waals surface area contributed by atoms with Gasteiger partial charge in [-0.05, 0) is 38.5 Å². The van der Waals surface area contributed by atoms with Crippen molar-refractivity contribution in [3.05, 3.63) is 29.8 Å². The van der Waals surface area contributed by atoms with Gasteiger partial charge in [0.2, 0.25) is 10.0 Å². The Bertz CT molecular complexity index is 472. The van der Waals surface area contributed by atoms with Crippen LogP contribution in [0.1, 0.15) is 19.4 Å². The predicted octanol–water partition coefficient (Wildman–Crippen LogP) is 1.43. The van der Waals surface area contributed by atoms with Crippen molar-refractivity contribution in [3.8, 4) is 0 Å². The first-order valence-electron chi connectivity index (χ1n) is 5.07. The first kappa shape index (κ1) is 16.4. The molecule has 0 saturated heterocycles. The average molecular weight is 279 g/mol. The van der Waals surface area contributed by atoms with Gasteiger partial charge < -0.3 is 5.73 Å². The molecule has 1 aromatic rings. The van der Waals surface area contributed by atoms with Gasteiger partial charge in [-0.3, -0.25) is 0 Å². The number of hydrogen-bond donors (Lipinski definition) is 2. The molecule has 3 N–H and O–H groups in total. The Balaban J connectivity index is 0.00000256. The van der Waals surface area contributed by atoms with Crippen molar-refractivity contribution >= 4 is 22.4 Å². The van der Waals surface area contributed by atoms with Gasteiger partial charge in [0, 0.05) is 12.1 Å². The molecule has 0 bridgehead atoms. The molecule has 17 heavy (non-hydrogen) atoms. The molecule has 0 aromatic heterocycles. The van der Waals surface area contributed by atoms with E-state index < -0.39 is 15.6 Å². The SMILES string of the molecule is Cc1cccc(S(=O)(=O)NC(C)(C)CN)c1.Cl. The van der Waals surface area contributed by atoms with Gasteiger partial charge in [-0.15, -0.1) is 12.4 Å². The maximum absolute atomic E-state index is 12.0. The lowest BCUT2D eigenvalue weighted by Gasteiger charge is -2.23. The molecule has 0 aliphatic rings. The summed E-state index contributed by atoms with van der Waals surface area (Å²) in [6, 6.07) is 6.78. The van der Waals surface area contributed by atoms with Gasteiger partial charge in [-0.2, -0.15) is 0 Å². The lowest BCUT2D eigenvalue weighted by atomic mass is 10.1. The molecule has 0 heterocycles. The van der Waals surface area contributed by atoms with Crippen molar-refractivity contribution in [2.24, 2.45) is 5.73 Å². The monoisotopic (exact) mass is 278 g/mol. The van der Waals surface area contributed by atoms with Crippen LogP contribution in [0.3, 0.4) is 0 Å². The number of hydrogen-bond acceptors (Lipinski definition) is 3. The summed E-state index contributed by atoms with van der Waals surface area (Å²) in [5.74, 6) is 0. The van der Waals surface area contributed by atoms with Crippen molar-refractivity contribution in [1.29, 1.82) is 0 Å². The third-order valence-corrected chi connectivity index (χ3v) is 3.92. The average Bonchev–Trinajstić information content (AvgIpc) is 2.16. The molecule has 0 amide bonds. The zero-order chi connectivity index (χ0) is 12.4. The Morgan fingerprint density at radius 3 is 2.41 bits per heavy atom. The molecule has 6 heteroatoms. The van der Waals surface area contributed by atoms with Gasteiger partial charge in [0.25, 0.3) is 0 Å². The summed E-state index contributed by atoms with van der Waals surface area (Å²) in [5.41, 5.74) is 5.77. The molecule has 0 radical (unpaired) electrons. The van der Waals surface area contributed by atoms with Crippen molar-refractivity contribution in [3.63, 3.8) is 0 Å². The molecule has 1 aromatic carbocycles. The molecule has 0 spiro atoms. The predicted molar refractivity (Wildman–Crippen MR) is 71.9 cm³/mol. The van der Waals surface area contributed by atoms with E-state index >= 15 is 0 Å². The normalized spacial score (nSPS) is 12.0. The van der Waals surface area contributed by atoms with E-state index in [-0.39, 0.29) is 23.8 Å². The number of sulfonamides is 1. The van der Waals surface area contributed by atoms with Crippen molar-refractivity contribution in [1.82, 2.24) is 4.72 Å². The second-order valence-electron chi connectivity index (χ2n) is 4.51. The van der Waals surface area contributed by atoms with Crippen LogP contribution in [0, 0.1) is 6.92 Å². The molecule has 0 unspecified atom stereocenters. The quantitative estimate of drug-likeness (QED) is 0.875. The Labute approximate surface area is 109 Å². The van der Waals surface area contributed by atoms with Gasteiger partial charge in [0.1, 0.15) is 0 Å². The van der Waals surface area contributed by atoms with E-state index in [2.05, 4.69) is 4.72 Å². The first-order valence-corrected chi connectivity index (χ1v) is 6.56. The fraction of sp³-hybridized carbons (Fsp3) is 0.455. The minimum Gasteiger partial charge on any atom is -0.329 e. The standard InChI is InChI=1S/C11H18N2O2S.ClH/c1-9-5-4-6-10(7-9)16(14,15)13-11(2,3)8-12;/h4-7,13H,8,12H2,1-3H3;1H. The van der Waals surface area contributed by atoms with Crippen LogP contribution in [0.5, 0.6) is 0 Å². The van der Waals surface area contributed by atoms with Crippen LogP contribution in [-0.4, -0.2) is 20.5 Å². The Hall–Kier alpha value is -0.620. The number of aryl methyl sites for hydroxylation is 1. The lowest BCUT2D eigenvalue weighted by Crippen LogP contribution is -2.48. The molecule has 0 aliphatic heterocycles. The Morgan fingerprint density at radius 2 is 1.94 bits per heavy atom. The van der Waals surface area contributed by atoms with E-state index in [0.717, 1.165) is 5.56 Å². The molecule has 4 nitrogen and oxygen atoms in total. The molecule has 0 aliphatic carbocycles. The van der Waals surface area contributed by atoms with Gasteiger partial charge >= 0.3 is 0 Å². The molecule has 98 valence electrons. The topological polar surface area (TPSA) is 72.2 Å². The van der Waals surface area contributed by atoms with Crippen LogP contribution in [0.2, 0.25) is 0 Å². The fourth-order valence-electron chi connectivity index (χ4n) is 1.25. The molecule has 0 fully saturated rings. The Kier molecular flexibility index (Phi) is 5.61. The third-order valence-electron chi connectivity index (χ3n) is 2.22. The minimum atomic E-state index is -3.48. The van der Waals surface area contributed by atoms with E-state index in [4.69, 9.17) is 5.73 Å². The summed E-state index contributed by atoms with van der Waals surface area (Å²) in [5, 5.41) is 0. The van der Waals surface area contributed by atoms with E-state index in [1.54, 1.807) is 32.0 Å². The highest BCUT2D eigenvalue weighted by Gasteiger charge is 2.24. The largest absolute Gasteiger partial charge is 0.329 e. The van der Waals surface area contributed by atoms with Crippen molar-refractivity contribution < 1.29 is 8.42 Å². The van der Waals surface area contributed by atoms with Gasteiger partial charge in [-0.25, -0.2) is 13.1 Å². The van der Waals surface area contributed by atoms with E-state index in [9.17, 15) is 8.42 Å². The summed E-state index contributed by atoms with van der Waals surface area (Å²) in [6.45, 7) is 5.60. The smallest absolute Gasteiger partial charge is 0.241 e. The molecule has 1 rings (SSSR count). The van der Waals surface area contributed by atoms with E-state index in [1.807, 2.05) is 13.0 Å². The first-order chi connectivity index (χ1) is 7.27. The van der Waals surface area contributed by atoms with Gasteiger partial charge in [0.05, 0.1) is 4.90 Å². The lowest BCUT2D eigenvalue weighted by molar-refractivity contribution is 0.462. The van der Waals surface area contributed by atoms with Crippen LogP contribution in [0.4, 0.5) is 0 Å². The van der Waals surface area contributed by atoms with Crippen LogP contribution in [-0.2, 0) is 10.0 Å². The summed E-state index contributed by atoms with van der Waals surface area (Å²) in [4.78, 5) is 0.272. The second-order valence-corrected chi connectivity index (χ2v) is 6.19. The molecular formula is C11H19ClN2O2S. The number of halogens is 1. The van der Waals surface area contributed by atoms with Crippen LogP contribution in [0.15, 0.2) is 29.2 Å². The van der Waals surface area contributed by atoms with Gasteiger partial charge in [-0.1, -0.05) is 12.1 Å². The molecule has 0 saturated carbocycles. The zero-order valence-corrected chi connectivity index (χ0v) is 11.9. The summed E-state index contributed by atoms with van der Waals surface area (Å²) in [6.07, 6.45) is 0. The van der Waals surface area contributed by atoms with E-state index in [1.165, 1.54) is 0 Å². The fourth-order valence-corrected chi connectivity index (χ4v) is 2.77. The highest BCUT2D eigenvalue weighted by atomic mass is 35.5. The highest BCUT2D eigenvalue weighted by molar-refractivity contribution is 7.89. The zero-order valence-electron chi connectivity index (χ0n) is 10.2. The maximum atomic E-state index is 12.0. The molecular weight excluding hydrogens is 260 g/mol. The number of benzene rings is 1. The maximum Gasteiger partial charge on any atom is 0.241 e. The van der Waals surface area contributed by atoms with Crippen molar-refractivity contribution in [2.45, 2.75) is 31.2 Å². The van der Waals surface area contributed by atoms with Crippen LogP contribution in [0.25, 0.3) is 0 Å². The van der Waals surface area contributed by atoms with E-state index in [0.29, 0.717) is 0 Å². The number of rotatable bonds is 4. The summed E-state index contributed by atoms with van der Waals surface area (Å²) in [7, 11) is -3.48. The van der Waals surface area contributed by atoms with Crippen LogP contribution < -0.4 is 10.5 Å². The summed E-state index contributed by atoms with van der Waals surface area (Å²) >= 11 is 0. The number of nitrogens with two attached hydrogens (primary N) is 1. The van der Waals surface area contributed by atoms with Crippen molar-refractivity contribution in [2.75, 3.05) is 6.54 Å². The third kappa shape index (κ3) is 4.63. The highest BCUT2D eigenvalue weighted by Crippen LogP contribution is 2.13. The molecule has 0 atom stereocenters. The summed E-state index contributed by atoms with van der Waals surface area (Å²) < 4.78 is 26.6. The second kappa shape index (κ2) is 5.82. The van der Waals surface area contributed by atoms with Crippen LogP contribution >= 0.6 is 12.4 Å². The number of nitrogens with one attached hydrogen (secondary N) is 1. The minimum absolute atomic E-state index is 0. The Morgan fingerprint density at radius 1 is 1.35 bits per heavy atom. The van der Waals surface area contributed by atoms with Gasteiger partial charge in [0.15, 0.2) is 0 Å².